The number of benzene rings is 3. The SMILES string of the molecule is Cc1cc2c(cc1-c1n(-c3ccccc3)c3ccccc3[n+]1C)C(C)(C)c1ncccc1-2. The number of rotatable bonds is 2. The molecule has 0 fully saturated rings. The van der Waals surface area contributed by atoms with E-state index >= 15 is 0 Å². The topological polar surface area (TPSA) is 21.7 Å². The summed E-state index contributed by atoms with van der Waals surface area (Å²) in [5, 5.41) is 0. The molecular weight excluding hydrogens is 390 g/mol. The third-order valence-electron chi connectivity index (χ3n) is 7.00. The highest BCUT2D eigenvalue weighted by Crippen LogP contribution is 2.49. The predicted octanol–water partition coefficient (Wildman–Crippen LogP) is 6.13. The Labute approximate surface area is 188 Å². The summed E-state index contributed by atoms with van der Waals surface area (Å²) in [5.41, 5.74) is 11.1. The molecule has 32 heavy (non-hydrogen) atoms. The van der Waals surface area contributed by atoms with Crippen LogP contribution in [0.1, 0.15) is 30.7 Å². The summed E-state index contributed by atoms with van der Waals surface area (Å²) in [6.07, 6.45) is 1.91. The maximum atomic E-state index is 4.77. The molecule has 5 aromatic rings. The van der Waals surface area contributed by atoms with Crippen molar-refractivity contribution in [2.45, 2.75) is 26.2 Å². The standard InChI is InChI=1S/C29H26N3/c1-19-17-23-21-13-10-16-30-27(21)29(2,3)24(23)18-22(19)28-31(4)25-14-8-9-15-26(25)32(28)20-11-6-5-7-12-20/h5-18H,1-4H3/q+1. The Balaban J connectivity index is 1.69. The third-order valence-corrected chi connectivity index (χ3v) is 7.00. The van der Waals surface area contributed by atoms with Crippen molar-refractivity contribution in [3.8, 4) is 28.2 Å². The first-order valence-electron chi connectivity index (χ1n) is 11.1. The second-order valence-electron chi connectivity index (χ2n) is 9.28. The number of hydrogen-bond acceptors (Lipinski definition) is 1. The van der Waals surface area contributed by atoms with E-state index in [0.29, 0.717) is 0 Å². The summed E-state index contributed by atoms with van der Waals surface area (Å²) < 4.78 is 4.71. The Hall–Kier alpha value is -3.72. The first-order chi connectivity index (χ1) is 15.5. The molecule has 6 rings (SSSR count). The van der Waals surface area contributed by atoms with E-state index in [0.717, 1.165) is 0 Å². The van der Waals surface area contributed by atoms with E-state index < -0.39 is 0 Å². The maximum absolute atomic E-state index is 4.77. The van der Waals surface area contributed by atoms with Gasteiger partial charge in [-0.15, -0.1) is 0 Å². The Morgan fingerprint density at radius 3 is 2.38 bits per heavy atom. The fraction of sp³-hybridized carbons (Fsp3) is 0.172. The molecule has 0 amide bonds. The van der Waals surface area contributed by atoms with Gasteiger partial charge in [-0.2, -0.15) is 4.57 Å². The number of pyridine rings is 1. The van der Waals surface area contributed by atoms with E-state index in [2.05, 4.69) is 110 Å². The summed E-state index contributed by atoms with van der Waals surface area (Å²) in [5.74, 6) is 1.19. The van der Waals surface area contributed by atoms with Crippen LogP contribution in [-0.4, -0.2) is 9.55 Å². The van der Waals surface area contributed by atoms with Crippen molar-refractivity contribution in [1.82, 2.24) is 9.55 Å². The molecule has 3 heteroatoms. The first kappa shape index (κ1) is 19.0. The fourth-order valence-electron chi connectivity index (χ4n) is 5.39. The molecule has 0 aliphatic heterocycles. The summed E-state index contributed by atoms with van der Waals surface area (Å²) in [7, 11) is 2.17. The van der Waals surface area contributed by atoms with Crippen molar-refractivity contribution in [1.29, 1.82) is 0 Å². The van der Waals surface area contributed by atoms with Gasteiger partial charge in [0, 0.05) is 17.2 Å². The van der Waals surface area contributed by atoms with Gasteiger partial charge in [-0.3, -0.25) is 4.98 Å². The number of aromatic nitrogens is 3. The molecule has 0 unspecified atom stereocenters. The summed E-state index contributed by atoms with van der Waals surface area (Å²) in [4.78, 5) is 4.77. The second-order valence-corrected chi connectivity index (χ2v) is 9.28. The van der Waals surface area contributed by atoms with Gasteiger partial charge < -0.3 is 0 Å². The molecule has 156 valence electrons. The van der Waals surface area contributed by atoms with Crippen molar-refractivity contribution in [2.75, 3.05) is 0 Å². The van der Waals surface area contributed by atoms with Gasteiger partial charge in [0.25, 0.3) is 5.82 Å². The number of hydrogen-bond donors (Lipinski definition) is 0. The molecule has 0 saturated carbocycles. The Bertz CT molecular complexity index is 1510. The zero-order chi connectivity index (χ0) is 22.0. The van der Waals surface area contributed by atoms with Crippen molar-refractivity contribution >= 4 is 11.0 Å². The number of fused-ring (bicyclic) bond motifs is 4. The van der Waals surface area contributed by atoms with Crippen LogP contribution in [0.4, 0.5) is 0 Å². The second kappa shape index (κ2) is 6.64. The van der Waals surface area contributed by atoms with Gasteiger partial charge in [0.05, 0.1) is 18.3 Å². The third kappa shape index (κ3) is 2.48. The number of para-hydroxylation sites is 3. The predicted molar refractivity (Wildman–Crippen MR) is 130 cm³/mol. The van der Waals surface area contributed by atoms with Crippen LogP contribution >= 0.6 is 0 Å². The van der Waals surface area contributed by atoms with Crippen LogP contribution in [0, 0.1) is 6.92 Å². The minimum absolute atomic E-state index is 0.128. The fourth-order valence-corrected chi connectivity index (χ4v) is 5.39. The van der Waals surface area contributed by atoms with Gasteiger partial charge in [-0.25, -0.2) is 4.57 Å². The van der Waals surface area contributed by atoms with E-state index in [1.165, 1.54) is 56.1 Å². The minimum atomic E-state index is -0.128. The molecule has 3 aromatic carbocycles. The van der Waals surface area contributed by atoms with Gasteiger partial charge >= 0.3 is 0 Å². The van der Waals surface area contributed by atoms with E-state index in [9.17, 15) is 0 Å². The lowest BCUT2D eigenvalue weighted by Crippen LogP contribution is -2.30. The smallest absolute Gasteiger partial charge is 0.260 e. The van der Waals surface area contributed by atoms with Crippen LogP contribution in [-0.2, 0) is 12.5 Å². The maximum Gasteiger partial charge on any atom is 0.295 e. The highest BCUT2D eigenvalue weighted by Gasteiger charge is 2.38. The van der Waals surface area contributed by atoms with Crippen LogP contribution < -0.4 is 4.57 Å². The Morgan fingerprint density at radius 2 is 1.56 bits per heavy atom. The van der Waals surface area contributed by atoms with Crippen molar-refractivity contribution in [3.63, 3.8) is 0 Å². The minimum Gasteiger partial charge on any atom is -0.260 e. The molecule has 1 aliphatic carbocycles. The average molecular weight is 417 g/mol. The van der Waals surface area contributed by atoms with Crippen LogP contribution in [0.25, 0.3) is 39.2 Å². The molecule has 2 aromatic heterocycles. The largest absolute Gasteiger partial charge is 0.295 e. The molecule has 3 nitrogen and oxygen atoms in total. The van der Waals surface area contributed by atoms with Crippen molar-refractivity contribution in [2.24, 2.45) is 7.05 Å². The van der Waals surface area contributed by atoms with E-state index in [1.807, 2.05) is 12.3 Å². The van der Waals surface area contributed by atoms with E-state index in [-0.39, 0.29) is 5.41 Å². The van der Waals surface area contributed by atoms with Crippen LogP contribution in [0.15, 0.2) is 85.1 Å². The van der Waals surface area contributed by atoms with Gasteiger partial charge in [-0.05, 0) is 60.0 Å². The summed E-state index contributed by atoms with van der Waals surface area (Å²) >= 11 is 0. The summed E-state index contributed by atoms with van der Waals surface area (Å²) in [6.45, 7) is 6.80. The summed E-state index contributed by atoms with van der Waals surface area (Å²) in [6, 6.07) is 28.3. The lowest BCUT2D eigenvalue weighted by molar-refractivity contribution is -0.633. The van der Waals surface area contributed by atoms with E-state index in [1.54, 1.807) is 0 Å². The van der Waals surface area contributed by atoms with Crippen LogP contribution in [0.2, 0.25) is 0 Å². The Morgan fingerprint density at radius 1 is 0.812 bits per heavy atom. The lowest BCUT2D eigenvalue weighted by Gasteiger charge is -2.21. The molecule has 0 atom stereocenters. The lowest BCUT2D eigenvalue weighted by atomic mass is 9.83. The quantitative estimate of drug-likeness (QED) is 0.317. The molecule has 0 spiro atoms. The van der Waals surface area contributed by atoms with Gasteiger partial charge in [-0.1, -0.05) is 56.3 Å². The van der Waals surface area contributed by atoms with Gasteiger partial charge in [0.1, 0.15) is 5.69 Å². The Kier molecular flexibility index (Phi) is 3.94. The monoisotopic (exact) mass is 416 g/mol. The average Bonchev–Trinajstić information content (AvgIpc) is 3.23. The molecule has 0 radical (unpaired) electrons. The number of imidazole rings is 1. The normalized spacial score (nSPS) is 13.9. The zero-order valence-electron chi connectivity index (χ0n) is 18.9. The molecule has 0 N–H and O–H groups in total. The van der Waals surface area contributed by atoms with Crippen molar-refractivity contribution < 1.29 is 4.57 Å². The van der Waals surface area contributed by atoms with Gasteiger partial charge in [0.15, 0.2) is 11.0 Å². The number of nitrogens with zero attached hydrogens (tertiary/aromatic N) is 3. The van der Waals surface area contributed by atoms with E-state index in [4.69, 9.17) is 4.98 Å². The molecular formula is C29H26N3+. The van der Waals surface area contributed by atoms with Gasteiger partial charge in [0.2, 0.25) is 0 Å². The zero-order valence-corrected chi connectivity index (χ0v) is 18.9. The van der Waals surface area contributed by atoms with Crippen molar-refractivity contribution in [3.05, 3.63) is 102 Å². The molecule has 1 aliphatic rings. The molecule has 0 saturated heterocycles. The number of aryl methyl sites for hydroxylation is 2. The molecule has 2 heterocycles. The highest BCUT2D eigenvalue weighted by molar-refractivity contribution is 5.85. The van der Waals surface area contributed by atoms with Crippen LogP contribution in [0.3, 0.4) is 0 Å². The molecule has 0 bridgehead atoms. The van der Waals surface area contributed by atoms with Crippen LogP contribution in [0.5, 0.6) is 0 Å². The first-order valence-corrected chi connectivity index (χ1v) is 11.1. The highest BCUT2D eigenvalue weighted by atomic mass is 15.2.